The molecule has 0 bridgehead atoms. The number of halogens is 18. The van der Waals surface area contributed by atoms with E-state index in [1.165, 1.54) is 0 Å². The molecular weight excluding hydrogens is 505 g/mol. The molecule has 188 valence electrons. The summed E-state index contributed by atoms with van der Waals surface area (Å²) in [4.78, 5) is 0. The van der Waals surface area contributed by atoms with E-state index < -0.39 is 68.5 Å². The van der Waals surface area contributed by atoms with Crippen LogP contribution in [-0.2, 0) is 9.31 Å². The Balaban J connectivity index is 7.25. The van der Waals surface area contributed by atoms with Crippen LogP contribution in [-0.4, -0.2) is 68.5 Å². The summed E-state index contributed by atoms with van der Waals surface area (Å²) in [6.07, 6.45) is -15.4. The lowest BCUT2D eigenvalue weighted by atomic mass is 9.41. The largest absolute Gasteiger partial charge is 0.563 e. The van der Waals surface area contributed by atoms with Gasteiger partial charge in [0.25, 0.3) is 11.6 Å². The zero-order chi connectivity index (χ0) is 25.9. The second kappa shape index (κ2) is 7.37. The first-order valence-electron chi connectivity index (χ1n) is 6.77. The summed E-state index contributed by atoms with van der Waals surface area (Å²) in [7, 11) is -1.62. The highest BCUT2D eigenvalue weighted by Crippen LogP contribution is 2.62. The molecule has 0 aliphatic rings. The first kappa shape index (κ1) is 29.7. The van der Waals surface area contributed by atoms with Gasteiger partial charge in [-0.2, -0.15) is 61.5 Å². The fraction of sp³-hybridized carbons (Fsp3) is 1.00. The van der Waals surface area contributed by atoms with Gasteiger partial charge in [0.2, 0.25) is 0 Å². The van der Waals surface area contributed by atoms with Crippen molar-refractivity contribution in [2.45, 2.75) is 47.7 Å². The lowest BCUT2D eigenvalue weighted by molar-refractivity contribution is -0.400. The molecule has 2 nitrogen and oxygen atoms in total. The lowest BCUT2D eigenvalue weighted by Crippen LogP contribution is -2.83. The van der Waals surface area contributed by atoms with Crippen molar-refractivity contribution in [3.63, 3.8) is 0 Å². The Bertz CT molecular complexity index is 593. The molecule has 21 heteroatoms. The molecule has 0 aliphatic carbocycles. The zero-order valence-electron chi connectivity index (χ0n) is 14.2. The van der Waals surface area contributed by atoms with Crippen molar-refractivity contribution in [2.24, 2.45) is 0 Å². The third-order valence-electron chi connectivity index (χ3n) is 3.96. The number of alkyl halides is 18. The summed E-state index contributed by atoms with van der Waals surface area (Å²) >= 11 is 0. The summed E-state index contributed by atoms with van der Waals surface area (Å²) in [5, 5.41) is 0. The van der Waals surface area contributed by atoms with Gasteiger partial charge >= 0.3 is 42.6 Å². The van der Waals surface area contributed by atoms with E-state index in [0.29, 0.717) is 0 Å². The normalized spacial score (nSPS) is 16.6. The molecule has 0 radical (unpaired) electrons. The average molecular weight is 511 g/mol. The summed E-state index contributed by atoms with van der Waals surface area (Å²) in [5.41, 5.74) is 0. The van der Waals surface area contributed by atoms with Crippen LogP contribution in [0.1, 0.15) is 0 Å². The molecule has 0 spiro atoms. The van der Waals surface area contributed by atoms with Crippen molar-refractivity contribution in [1.29, 1.82) is 0 Å². The van der Waals surface area contributed by atoms with Crippen LogP contribution in [0.2, 0.25) is 0 Å². The van der Waals surface area contributed by atoms with Crippen LogP contribution in [0.5, 0.6) is 0 Å². The maximum Gasteiger partial charge on any atom is 0.459 e. The van der Waals surface area contributed by atoms with Crippen LogP contribution in [0.25, 0.3) is 0 Å². The van der Waals surface area contributed by atoms with Gasteiger partial charge in [-0.3, -0.25) is 0 Å². The number of hydrogen-bond acceptors (Lipinski definition) is 2. The molecule has 0 aromatic carbocycles. The van der Waals surface area contributed by atoms with E-state index >= 15 is 0 Å². The molecule has 0 aromatic heterocycles. The molecule has 0 amide bonds. The molecule has 0 aromatic rings. The average Bonchev–Trinajstić information content (AvgIpc) is 2.53. The van der Waals surface area contributed by atoms with Crippen LogP contribution in [0, 0.1) is 0 Å². The Morgan fingerprint density at radius 3 is 0.710 bits per heavy atom. The Morgan fingerprint density at radius 1 is 0.387 bits per heavy atom. The lowest BCUT2D eigenvalue weighted by Gasteiger charge is -2.54. The van der Waals surface area contributed by atoms with Gasteiger partial charge in [-0.25, -0.2) is 17.6 Å². The van der Waals surface area contributed by atoms with Gasteiger partial charge < -0.3 is 9.31 Å². The number of rotatable bonds is 8. The molecule has 0 unspecified atom stereocenters. The van der Waals surface area contributed by atoms with Crippen molar-refractivity contribution in [3.8, 4) is 0 Å². The minimum absolute atomic E-state index is 0.811. The van der Waals surface area contributed by atoms with Crippen molar-refractivity contribution >= 4 is 6.55 Å². The van der Waals surface area contributed by atoms with Gasteiger partial charge in [-0.1, -0.05) is 0 Å². The first-order valence-corrected chi connectivity index (χ1v) is 6.77. The van der Waals surface area contributed by atoms with Crippen LogP contribution in [0.4, 0.5) is 79.0 Å². The third kappa shape index (κ3) is 3.49. The molecule has 31 heavy (non-hydrogen) atoms. The van der Waals surface area contributed by atoms with E-state index in [2.05, 4.69) is 9.31 Å². The maximum atomic E-state index is 14.0. The van der Waals surface area contributed by atoms with Crippen LogP contribution < -0.4 is 0 Å². The SMILES string of the molecule is CO[B-](OC)(C(F)(F)C(F)(F)C(F)(F)C(F)(F)F)C(F)(F)C(F)(F)C(F)(F)C(F)(F)F. The predicted molar refractivity (Wildman–Crippen MR) is 61.6 cm³/mol. The Labute approximate surface area is 158 Å². The number of hydrogen-bond donors (Lipinski definition) is 0. The van der Waals surface area contributed by atoms with Gasteiger partial charge in [0.05, 0.1) is 0 Å². The van der Waals surface area contributed by atoms with E-state index in [1.54, 1.807) is 0 Å². The fourth-order valence-corrected chi connectivity index (χ4v) is 2.17. The Kier molecular flexibility index (Phi) is 7.07. The molecule has 0 heterocycles. The molecule has 0 atom stereocenters. The molecule has 0 rings (SSSR count). The van der Waals surface area contributed by atoms with E-state index in [9.17, 15) is 79.0 Å². The molecule has 0 saturated carbocycles. The topological polar surface area (TPSA) is 18.5 Å². The predicted octanol–water partition coefficient (Wildman–Crippen LogP) is 5.74. The molecule has 0 aliphatic heterocycles. The summed E-state index contributed by atoms with van der Waals surface area (Å²) < 4.78 is 239. The van der Waals surface area contributed by atoms with Gasteiger partial charge in [0.1, 0.15) is 0 Å². The van der Waals surface area contributed by atoms with Gasteiger partial charge in [0.15, 0.2) is 0 Å². The van der Waals surface area contributed by atoms with E-state index in [1.807, 2.05) is 0 Å². The smallest absolute Gasteiger partial charge is 0.459 e. The molecule has 0 fully saturated rings. The highest BCUT2D eigenvalue weighted by atomic mass is 19.4. The summed E-state index contributed by atoms with van der Waals surface area (Å²) in [6.45, 7) is -7.85. The third-order valence-corrected chi connectivity index (χ3v) is 3.96. The van der Waals surface area contributed by atoms with Crippen LogP contribution in [0.3, 0.4) is 0 Å². The quantitative estimate of drug-likeness (QED) is 0.306. The molecule has 0 N–H and O–H groups in total. The van der Waals surface area contributed by atoms with Crippen molar-refractivity contribution < 1.29 is 88.3 Å². The highest BCUT2D eigenvalue weighted by Gasteiger charge is 2.92. The van der Waals surface area contributed by atoms with Crippen LogP contribution in [0.15, 0.2) is 0 Å². The van der Waals surface area contributed by atoms with Crippen molar-refractivity contribution in [3.05, 3.63) is 0 Å². The molecular formula is C10H6BF18O2-. The monoisotopic (exact) mass is 511 g/mol. The standard InChI is InChI=1S/C10H6BF18O2/c1-30-11(31-2,7(20,21)3(12,13)5(16,17)9(24,25)26)8(22,23)4(14,15)6(18,19)10(27,28)29/h1-2H3/q-1. The summed E-state index contributed by atoms with van der Waals surface area (Å²) in [6, 6.07) is 0. The zero-order valence-corrected chi connectivity index (χ0v) is 14.2. The van der Waals surface area contributed by atoms with E-state index in [0.717, 1.165) is 0 Å². The first-order chi connectivity index (χ1) is 13.1. The fourth-order valence-electron chi connectivity index (χ4n) is 2.17. The summed E-state index contributed by atoms with van der Waals surface area (Å²) in [5.74, 6) is -48.5. The Morgan fingerprint density at radius 2 is 0.581 bits per heavy atom. The van der Waals surface area contributed by atoms with Gasteiger partial charge in [0, 0.05) is 0 Å². The van der Waals surface area contributed by atoms with Gasteiger partial charge in [-0.15, -0.1) is 0 Å². The Hall–Kier alpha value is -1.28. The highest BCUT2D eigenvalue weighted by molar-refractivity contribution is 6.73. The van der Waals surface area contributed by atoms with E-state index in [-0.39, 0.29) is 0 Å². The second-order valence-corrected chi connectivity index (χ2v) is 5.72. The van der Waals surface area contributed by atoms with Gasteiger partial charge in [-0.05, 0) is 14.2 Å². The maximum absolute atomic E-state index is 14.0. The molecule has 0 saturated heterocycles. The van der Waals surface area contributed by atoms with E-state index in [4.69, 9.17) is 0 Å². The van der Waals surface area contributed by atoms with Crippen molar-refractivity contribution in [2.75, 3.05) is 14.2 Å². The minimum Gasteiger partial charge on any atom is -0.563 e. The minimum atomic E-state index is -8.21. The van der Waals surface area contributed by atoms with Crippen molar-refractivity contribution in [1.82, 2.24) is 0 Å². The van der Waals surface area contributed by atoms with Crippen LogP contribution >= 0.6 is 0 Å². The second-order valence-electron chi connectivity index (χ2n) is 5.72.